The molecule has 2 aliphatic heterocycles. The van der Waals surface area contributed by atoms with E-state index in [1.54, 1.807) is 0 Å². The first-order valence-electron chi connectivity index (χ1n) is 7.76. The van der Waals surface area contributed by atoms with Crippen LogP contribution in [0.25, 0.3) is 10.9 Å². The van der Waals surface area contributed by atoms with Crippen LogP contribution in [0, 0.1) is 0 Å². The van der Waals surface area contributed by atoms with Crippen molar-refractivity contribution in [3.63, 3.8) is 0 Å². The van der Waals surface area contributed by atoms with Gasteiger partial charge < -0.3 is 4.74 Å². The zero-order valence-electron chi connectivity index (χ0n) is 12.0. The Hall–Kier alpha value is -0.910. The Labute approximate surface area is 133 Å². The fourth-order valence-electron chi connectivity index (χ4n) is 3.66. The van der Waals surface area contributed by atoms with Gasteiger partial charge in [-0.3, -0.25) is 9.58 Å². The number of ether oxygens (including phenoxy) is 1. The number of hydrogen-bond donors (Lipinski definition) is 0. The molecule has 0 radical (unpaired) electrons. The first-order chi connectivity index (χ1) is 10.3. The summed E-state index contributed by atoms with van der Waals surface area (Å²) in [5.74, 6) is 0. The van der Waals surface area contributed by atoms with E-state index in [9.17, 15) is 0 Å². The van der Waals surface area contributed by atoms with Crippen LogP contribution in [-0.2, 0) is 4.74 Å². The lowest BCUT2D eigenvalue weighted by Crippen LogP contribution is -2.38. The monoisotopic (exact) mass is 349 g/mol. The molecule has 1 atom stereocenters. The van der Waals surface area contributed by atoms with E-state index >= 15 is 0 Å². The van der Waals surface area contributed by atoms with Crippen molar-refractivity contribution in [2.24, 2.45) is 0 Å². The second-order valence-corrected chi connectivity index (χ2v) is 6.99. The number of halogens is 1. The quantitative estimate of drug-likeness (QED) is 0.833. The highest BCUT2D eigenvalue weighted by Crippen LogP contribution is 2.29. The van der Waals surface area contributed by atoms with Gasteiger partial charge in [0.15, 0.2) is 0 Å². The van der Waals surface area contributed by atoms with Gasteiger partial charge in [0, 0.05) is 42.2 Å². The molecule has 0 N–H and O–H groups in total. The second-order valence-electron chi connectivity index (χ2n) is 6.07. The summed E-state index contributed by atoms with van der Waals surface area (Å²) in [5, 5.41) is 5.86. The maximum Gasteiger partial charge on any atom is 0.0687 e. The smallest absolute Gasteiger partial charge is 0.0687 e. The molecule has 2 saturated heterocycles. The van der Waals surface area contributed by atoms with Gasteiger partial charge in [-0.25, -0.2) is 0 Å². The Bertz CT molecular complexity index is 635. The van der Waals surface area contributed by atoms with E-state index in [0.717, 1.165) is 24.2 Å². The lowest BCUT2D eigenvalue weighted by Gasteiger charge is -2.31. The van der Waals surface area contributed by atoms with Crippen molar-refractivity contribution in [3.8, 4) is 0 Å². The summed E-state index contributed by atoms with van der Waals surface area (Å²) in [5.41, 5.74) is 1.25. The predicted molar refractivity (Wildman–Crippen MR) is 86.5 cm³/mol. The molecule has 5 heteroatoms. The van der Waals surface area contributed by atoms with Crippen molar-refractivity contribution in [1.82, 2.24) is 14.7 Å². The summed E-state index contributed by atoms with van der Waals surface area (Å²) in [6.45, 7) is 4.15. The minimum absolute atomic E-state index is 0.506. The highest BCUT2D eigenvalue weighted by Gasteiger charge is 2.31. The Morgan fingerprint density at radius 1 is 1.14 bits per heavy atom. The van der Waals surface area contributed by atoms with Crippen LogP contribution in [0.5, 0.6) is 0 Å². The van der Waals surface area contributed by atoms with E-state index in [1.807, 2.05) is 6.20 Å². The zero-order chi connectivity index (χ0) is 14.2. The molecule has 0 amide bonds. The lowest BCUT2D eigenvalue weighted by molar-refractivity contribution is 0.0412. The molecule has 4 rings (SSSR count). The molecule has 2 aromatic rings. The van der Waals surface area contributed by atoms with Gasteiger partial charge in [0.1, 0.15) is 0 Å². The van der Waals surface area contributed by atoms with Gasteiger partial charge in [0.25, 0.3) is 0 Å². The van der Waals surface area contributed by atoms with E-state index in [-0.39, 0.29) is 0 Å². The third-order valence-electron chi connectivity index (χ3n) is 4.81. The number of fused-ring (bicyclic) bond motifs is 1. The van der Waals surface area contributed by atoms with Crippen LogP contribution >= 0.6 is 15.9 Å². The molecule has 21 heavy (non-hydrogen) atoms. The van der Waals surface area contributed by atoms with E-state index in [2.05, 4.69) is 48.8 Å². The van der Waals surface area contributed by atoms with Crippen LogP contribution in [0.1, 0.15) is 25.3 Å². The van der Waals surface area contributed by atoms with Crippen LogP contribution < -0.4 is 0 Å². The van der Waals surface area contributed by atoms with Crippen LogP contribution in [0.4, 0.5) is 0 Å². The number of nitrogens with zero attached hydrogens (tertiary/aromatic N) is 3. The average Bonchev–Trinajstić information content (AvgIpc) is 3.13. The normalized spacial score (nSPS) is 24.9. The largest absolute Gasteiger partial charge is 0.381 e. The molecule has 0 bridgehead atoms. The molecule has 3 heterocycles. The second kappa shape index (κ2) is 5.71. The van der Waals surface area contributed by atoms with Gasteiger partial charge >= 0.3 is 0 Å². The Kier molecular flexibility index (Phi) is 3.73. The number of hydrogen-bond acceptors (Lipinski definition) is 3. The van der Waals surface area contributed by atoms with Crippen LogP contribution in [0.2, 0.25) is 0 Å². The summed E-state index contributed by atoms with van der Waals surface area (Å²) >= 11 is 3.53. The van der Waals surface area contributed by atoms with Crippen molar-refractivity contribution in [2.45, 2.75) is 31.3 Å². The average molecular weight is 350 g/mol. The third-order valence-corrected chi connectivity index (χ3v) is 5.30. The topological polar surface area (TPSA) is 30.3 Å². The maximum atomic E-state index is 5.48. The van der Waals surface area contributed by atoms with E-state index < -0.39 is 0 Å². The standard InChI is InChI=1S/C16H20BrN3O/c17-13-1-2-16-12(9-13)10-18-20(16)15-3-6-19(11-15)14-4-7-21-8-5-14/h1-2,9-10,14-15H,3-8,11H2/t15-/m1/s1. The van der Waals surface area contributed by atoms with E-state index in [1.165, 1.54) is 36.7 Å². The summed E-state index contributed by atoms with van der Waals surface area (Å²) in [7, 11) is 0. The SMILES string of the molecule is Brc1ccc2c(cnn2[C@@H]2CCN(C3CCOCC3)C2)c1. The van der Waals surface area contributed by atoms with Gasteiger partial charge in [-0.2, -0.15) is 5.10 Å². The summed E-state index contributed by atoms with van der Waals surface area (Å²) in [6, 6.07) is 7.63. The van der Waals surface area contributed by atoms with Crippen molar-refractivity contribution < 1.29 is 4.74 Å². The fourth-order valence-corrected chi connectivity index (χ4v) is 4.04. The number of aromatic nitrogens is 2. The fraction of sp³-hybridized carbons (Fsp3) is 0.562. The molecule has 1 aromatic heterocycles. The lowest BCUT2D eigenvalue weighted by atomic mass is 10.1. The molecule has 112 valence electrons. The highest BCUT2D eigenvalue weighted by molar-refractivity contribution is 9.10. The van der Waals surface area contributed by atoms with Crippen molar-refractivity contribution >= 4 is 26.8 Å². The molecular formula is C16H20BrN3O. The van der Waals surface area contributed by atoms with Crippen LogP contribution in [0.15, 0.2) is 28.9 Å². The molecular weight excluding hydrogens is 330 g/mol. The van der Waals surface area contributed by atoms with Gasteiger partial charge in [-0.15, -0.1) is 0 Å². The molecule has 2 fully saturated rings. The van der Waals surface area contributed by atoms with Crippen molar-refractivity contribution in [3.05, 3.63) is 28.9 Å². The third kappa shape index (κ3) is 2.62. The van der Waals surface area contributed by atoms with Gasteiger partial charge in [0.2, 0.25) is 0 Å². The molecule has 1 aromatic carbocycles. The molecule has 0 aliphatic carbocycles. The first kappa shape index (κ1) is 13.7. The van der Waals surface area contributed by atoms with Gasteiger partial charge in [0.05, 0.1) is 17.8 Å². The molecule has 0 unspecified atom stereocenters. The van der Waals surface area contributed by atoms with Gasteiger partial charge in [-0.1, -0.05) is 15.9 Å². The highest BCUT2D eigenvalue weighted by atomic mass is 79.9. The molecule has 4 nitrogen and oxygen atoms in total. The van der Waals surface area contributed by atoms with Crippen molar-refractivity contribution in [1.29, 1.82) is 0 Å². The zero-order valence-corrected chi connectivity index (χ0v) is 13.6. The molecule has 2 aliphatic rings. The predicted octanol–water partition coefficient (Wildman–Crippen LogP) is 3.22. The van der Waals surface area contributed by atoms with E-state index in [0.29, 0.717) is 12.1 Å². The minimum atomic E-state index is 0.506. The summed E-state index contributed by atoms with van der Waals surface area (Å²) < 4.78 is 8.82. The molecule has 0 spiro atoms. The Balaban J connectivity index is 1.53. The maximum absolute atomic E-state index is 5.48. The van der Waals surface area contributed by atoms with E-state index in [4.69, 9.17) is 4.74 Å². The van der Waals surface area contributed by atoms with Crippen LogP contribution in [-0.4, -0.2) is 47.0 Å². The Morgan fingerprint density at radius 3 is 2.86 bits per heavy atom. The number of benzene rings is 1. The number of likely N-dealkylation sites (tertiary alicyclic amines) is 1. The van der Waals surface area contributed by atoms with Gasteiger partial charge in [-0.05, 0) is 37.5 Å². The summed E-state index contributed by atoms with van der Waals surface area (Å²) in [6.07, 6.45) is 5.54. The molecule has 0 saturated carbocycles. The van der Waals surface area contributed by atoms with Crippen molar-refractivity contribution in [2.75, 3.05) is 26.3 Å². The van der Waals surface area contributed by atoms with Crippen LogP contribution in [0.3, 0.4) is 0 Å². The Morgan fingerprint density at radius 2 is 2.00 bits per heavy atom. The minimum Gasteiger partial charge on any atom is -0.381 e. The number of rotatable bonds is 2. The summed E-state index contributed by atoms with van der Waals surface area (Å²) in [4.78, 5) is 2.64. The first-order valence-corrected chi connectivity index (χ1v) is 8.55.